The fourth-order valence-corrected chi connectivity index (χ4v) is 2.59. The van der Waals surface area contributed by atoms with Gasteiger partial charge in [-0.2, -0.15) is 13.2 Å². The number of carbonyl (C=O) groups is 1. The first-order valence-electron chi connectivity index (χ1n) is 8.29. The van der Waals surface area contributed by atoms with Crippen molar-refractivity contribution < 1.29 is 23.1 Å². The molecule has 3 nitrogen and oxygen atoms in total. The number of unbranched alkanes of at least 4 members (excludes halogenated alkanes) is 2. The number of benzene rings is 1. The highest BCUT2D eigenvalue weighted by Crippen LogP contribution is 2.29. The number of halogens is 3. The Labute approximate surface area is 141 Å². The van der Waals surface area contributed by atoms with Gasteiger partial charge in [0.25, 0.3) is 0 Å². The minimum absolute atomic E-state index is 0.0734. The van der Waals surface area contributed by atoms with E-state index in [2.05, 4.69) is 19.2 Å². The van der Waals surface area contributed by atoms with Crippen LogP contribution >= 0.6 is 0 Å². The Bertz CT molecular complexity index is 515. The van der Waals surface area contributed by atoms with Gasteiger partial charge in [0.1, 0.15) is 0 Å². The number of carbonyl (C=O) groups excluding carboxylic acids is 1. The molecule has 0 heterocycles. The third kappa shape index (κ3) is 7.81. The van der Waals surface area contributed by atoms with Gasteiger partial charge < -0.3 is 15.2 Å². The Kier molecular flexibility index (Phi) is 8.25. The molecule has 0 saturated carbocycles. The average molecular weight is 344 g/mol. The van der Waals surface area contributed by atoms with Crippen LogP contribution < -0.4 is 10.4 Å². The molecule has 0 fully saturated rings. The van der Waals surface area contributed by atoms with Crippen molar-refractivity contribution in [2.45, 2.75) is 64.7 Å². The van der Waals surface area contributed by atoms with Gasteiger partial charge in [0.15, 0.2) is 0 Å². The van der Waals surface area contributed by atoms with Crippen LogP contribution in [0.25, 0.3) is 0 Å². The summed E-state index contributed by atoms with van der Waals surface area (Å²) in [5.41, 5.74) is -0.0300. The molecule has 6 heteroatoms. The van der Waals surface area contributed by atoms with Crippen molar-refractivity contribution in [3.05, 3.63) is 35.4 Å². The molecule has 0 saturated heterocycles. The van der Waals surface area contributed by atoms with Gasteiger partial charge in [-0.3, -0.25) is 0 Å². The van der Waals surface area contributed by atoms with Gasteiger partial charge >= 0.3 is 6.18 Å². The van der Waals surface area contributed by atoms with Gasteiger partial charge in [-0.25, -0.2) is 0 Å². The normalized spacial score (nSPS) is 13.2. The molecule has 0 aliphatic rings. The van der Waals surface area contributed by atoms with E-state index in [4.69, 9.17) is 0 Å². The summed E-state index contributed by atoms with van der Waals surface area (Å²) in [6.45, 7) is 4.50. The fraction of sp³-hybridized carbons (Fsp3) is 0.611. The molecule has 136 valence electrons. The summed E-state index contributed by atoms with van der Waals surface area (Å²) in [6, 6.07) is 5.52. The van der Waals surface area contributed by atoms with E-state index in [-0.39, 0.29) is 12.5 Å². The second-order valence-electron chi connectivity index (χ2n) is 6.40. The van der Waals surface area contributed by atoms with Gasteiger partial charge in [0, 0.05) is 18.6 Å². The molecule has 24 heavy (non-hydrogen) atoms. The van der Waals surface area contributed by atoms with Crippen LogP contribution in [0.1, 0.15) is 57.1 Å². The van der Waals surface area contributed by atoms with Gasteiger partial charge in [0.05, 0.1) is 5.56 Å². The molecule has 1 aromatic carbocycles. The van der Waals surface area contributed by atoms with E-state index in [0.717, 1.165) is 25.3 Å². The number of hydrogen-bond acceptors (Lipinski definition) is 3. The van der Waals surface area contributed by atoms with Crippen molar-refractivity contribution in [3.8, 4) is 0 Å². The molecule has 0 bridgehead atoms. The molecule has 0 aliphatic carbocycles. The third-order valence-corrected chi connectivity index (χ3v) is 4.02. The van der Waals surface area contributed by atoms with Crippen LogP contribution in [-0.4, -0.2) is 12.0 Å². The number of nitrogens with one attached hydrogen (secondary N) is 1. The van der Waals surface area contributed by atoms with Crippen molar-refractivity contribution in [1.82, 2.24) is 5.32 Å². The zero-order chi connectivity index (χ0) is 18.2. The molecule has 0 amide bonds. The van der Waals surface area contributed by atoms with E-state index in [0.29, 0.717) is 24.4 Å². The monoisotopic (exact) mass is 344 g/mol. The van der Waals surface area contributed by atoms with Crippen LogP contribution in [0.15, 0.2) is 24.3 Å². The predicted molar refractivity (Wildman–Crippen MR) is 85.0 cm³/mol. The van der Waals surface area contributed by atoms with Crippen LogP contribution in [0.2, 0.25) is 0 Å². The molecule has 1 N–H and O–H groups in total. The summed E-state index contributed by atoms with van der Waals surface area (Å²) in [5, 5.41) is 13.7. The van der Waals surface area contributed by atoms with Crippen LogP contribution in [0, 0.1) is 5.92 Å². The Morgan fingerprint density at radius 3 is 2.50 bits per heavy atom. The molecular formula is C18H25F3NO2-. The second-order valence-corrected chi connectivity index (χ2v) is 6.40. The molecule has 1 unspecified atom stereocenters. The smallest absolute Gasteiger partial charge is 0.416 e. The number of carboxylic acid groups (broad SMARTS) is 1. The molecule has 0 aliphatic heterocycles. The summed E-state index contributed by atoms with van der Waals surface area (Å²) in [6.07, 6.45) is -1.10. The molecule has 1 aromatic rings. The lowest BCUT2D eigenvalue weighted by molar-refractivity contribution is -0.305. The van der Waals surface area contributed by atoms with E-state index in [1.54, 1.807) is 6.07 Å². The average Bonchev–Trinajstić information content (AvgIpc) is 2.48. The molecule has 0 spiro atoms. The first-order chi connectivity index (χ1) is 11.2. The van der Waals surface area contributed by atoms with Crippen LogP contribution in [0.4, 0.5) is 13.2 Å². The topological polar surface area (TPSA) is 52.2 Å². The highest BCUT2D eigenvalue weighted by atomic mass is 19.4. The summed E-state index contributed by atoms with van der Waals surface area (Å²) in [5.74, 6) is -0.685. The summed E-state index contributed by atoms with van der Waals surface area (Å²) in [4.78, 5) is 10.4. The molecule has 0 aromatic heterocycles. The number of alkyl halides is 3. The van der Waals surface area contributed by atoms with Gasteiger partial charge in [-0.05, 0) is 36.8 Å². The Morgan fingerprint density at radius 2 is 1.92 bits per heavy atom. The summed E-state index contributed by atoms with van der Waals surface area (Å²) >= 11 is 0. The lowest BCUT2D eigenvalue weighted by Crippen LogP contribution is -2.33. The van der Waals surface area contributed by atoms with Gasteiger partial charge in [-0.15, -0.1) is 0 Å². The van der Waals surface area contributed by atoms with E-state index < -0.39 is 17.7 Å². The zero-order valence-corrected chi connectivity index (χ0v) is 14.2. The first kappa shape index (κ1) is 20.5. The van der Waals surface area contributed by atoms with E-state index in [1.807, 2.05) is 0 Å². The minimum atomic E-state index is -4.33. The predicted octanol–water partition coefficient (Wildman–Crippen LogP) is 3.52. The van der Waals surface area contributed by atoms with Crippen LogP contribution in [0.5, 0.6) is 0 Å². The summed E-state index contributed by atoms with van der Waals surface area (Å²) < 4.78 is 38.2. The number of rotatable bonds is 10. The van der Waals surface area contributed by atoms with Crippen molar-refractivity contribution >= 4 is 5.97 Å². The lowest BCUT2D eigenvalue weighted by atomic mass is 9.97. The second kappa shape index (κ2) is 9.67. The van der Waals surface area contributed by atoms with E-state index >= 15 is 0 Å². The molecule has 0 radical (unpaired) electrons. The zero-order valence-electron chi connectivity index (χ0n) is 14.2. The Morgan fingerprint density at radius 1 is 1.21 bits per heavy atom. The number of carboxylic acids is 1. The Hall–Kier alpha value is -1.56. The Balaban J connectivity index is 2.47. The number of hydrogen-bond donors (Lipinski definition) is 1. The third-order valence-electron chi connectivity index (χ3n) is 4.02. The highest BCUT2D eigenvalue weighted by Gasteiger charge is 2.30. The largest absolute Gasteiger partial charge is 0.550 e. The van der Waals surface area contributed by atoms with Gasteiger partial charge in [0.2, 0.25) is 0 Å². The van der Waals surface area contributed by atoms with Crippen LogP contribution in [-0.2, 0) is 17.5 Å². The van der Waals surface area contributed by atoms with Crippen molar-refractivity contribution in [2.75, 3.05) is 0 Å². The van der Waals surface area contributed by atoms with Crippen LogP contribution in [0.3, 0.4) is 0 Å². The van der Waals surface area contributed by atoms with Gasteiger partial charge in [-0.1, -0.05) is 44.9 Å². The maximum atomic E-state index is 12.7. The molecule has 1 atom stereocenters. The first-order valence-corrected chi connectivity index (χ1v) is 8.29. The quantitative estimate of drug-likeness (QED) is 0.661. The van der Waals surface area contributed by atoms with E-state index in [9.17, 15) is 23.1 Å². The lowest BCUT2D eigenvalue weighted by Gasteiger charge is -2.23. The minimum Gasteiger partial charge on any atom is -0.550 e. The molecular weight excluding hydrogens is 319 g/mol. The maximum Gasteiger partial charge on any atom is 0.416 e. The summed E-state index contributed by atoms with van der Waals surface area (Å²) in [7, 11) is 0. The van der Waals surface area contributed by atoms with Crippen molar-refractivity contribution in [3.63, 3.8) is 0 Å². The SMILES string of the molecule is CC(C)C(CCCCCC(=O)[O-])NCc1cccc(C(F)(F)F)c1. The molecule has 1 rings (SSSR count). The van der Waals surface area contributed by atoms with Crippen molar-refractivity contribution in [1.29, 1.82) is 0 Å². The van der Waals surface area contributed by atoms with E-state index in [1.165, 1.54) is 12.1 Å². The highest BCUT2D eigenvalue weighted by molar-refractivity contribution is 5.64. The maximum absolute atomic E-state index is 12.7. The standard InChI is InChI=1S/C18H26F3NO2/c1-13(2)16(9-4-3-5-10-17(23)24)22-12-14-7-6-8-15(11-14)18(19,20)21/h6-8,11,13,16,22H,3-5,9-10,12H2,1-2H3,(H,23,24)/p-1. The fourth-order valence-electron chi connectivity index (χ4n) is 2.59. The van der Waals surface area contributed by atoms with Crippen molar-refractivity contribution in [2.24, 2.45) is 5.92 Å². The number of aliphatic carboxylic acids is 1.